The van der Waals surface area contributed by atoms with Crippen LogP contribution in [0, 0.1) is 18.7 Å². The SMILES string of the molecule is CC(=O)CN1CC(C)c2ccccc2C1c1ccccc1Cl.CC1Cc2ccccc2C1.Cc1ccccc1F. The molecule has 0 saturated heterocycles. The Morgan fingerprint density at radius 3 is 1.88 bits per heavy atom. The average Bonchev–Trinajstić information content (AvgIpc) is 3.32. The number of ketones is 1. The molecule has 0 fully saturated rings. The summed E-state index contributed by atoms with van der Waals surface area (Å²) >= 11 is 6.45. The van der Waals surface area contributed by atoms with Gasteiger partial charge in [-0.2, -0.15) is 0 Å². The second-order valence-corrected chi connectivity index (χ2v) is 11.5. The maximum Gasteiger partial charge on any atom is 0.143 e. The number of hydrogen-bond acceptors (Lipinski definition) is 2. The van der Waals surface area contributed by atoms with Crippen LogP contribution in [-0.4, -0.2) is 23.8 Å². The van der Waals surface area contributed by atoms with E-state index in [9.17, 15) is 9.18 Å². The van der Waals surface area contributed by atoms with Gasteiger partial charge < -0.3 is 0 Å². The third kappa shape index (κ3) is 7.47. The van der Waals surface area contributed by atoms with Crippen molar-refractivity contribution in [2.75, 3.05) is 13.1 Å². The Morgan fingerprint density at radius 1 is 0.800 bits per heavy atom. The second kappa shape index (κ2) is 13.9. The van der Waals surface area contributed by atoms with Gasteiger partial charge in [0.05, 0.1) is 12.6 Å². The molecule has 0 bridgehead atoms. The molecule has 0 saturated carbocycles. The van der Waals surface area contributed by atoms with Crippen LogP contribution in [0.1, 0.15) is 66.1 Å². The molecule has 0 spiro atoms. The zero-order valence-electron chi connectivity index (χ0n) is 23.9. The first-order valence-electron chi connectivity index (χ1n) is 14.1. The van der Waals surface area contributed by atoms with Crippen LogP contribution in [-0.2, 0) is 17.6 Å². The predicted molar refractivity (Wildman–Crippen MR) is 165 cm³/mol. The Labute approximate surface area is 243 Å². The summed E-state index contributed by atoms with van der Waals surface area (Å²) in [6.45, 7) is 9.25. The predicted octanol–water partition coefficient (Wildman–Crippen LogP) is 8.99. The van der Waals surface area contributed by atoms with E-state index in [1.807, 2.05) is 24.3 Å². The Kier molecular flexibility index (Phi) is 10.3. The Balaban J connectivity index is 0.000000168. The summed E-state index contributed by atoms with van der Waals surface area (Å²) < 4.78 is 12.3. The van der Waals surface area contributed by atoms with Gasteiger partial charge in [-0.15, -0.1) is 0 Å². The number of fused-ring (bicyclic) bond motifs is 2. The van der Waals surface area contributed by atoms with Crippen molar-refractivity contribution in [1.29, 1.82) is 0 Å². The summed E-state index contributed by atoms with van der Waals surface area (Å²) in [5.74, 6) is 1.34. The van der Waals surface area contributed by atoms with Crippen molar-refractivity contribution in [3.63, 3.8) is 0 Å². The van der Waals surface area contributed by atoms with Crippen LogP contribution in [0.4, 0.5) is 4.39 Å². The first kappa shape index (κ1) is 29.7. The number of hydrogen-bond donors (Lipinski definition) is 0. The zero-order chi connectivity index (χ0) is 28.6. The summed E-state index contributed by atoms with van der Waals surface area (Å²) in [5, 5.41) is 0.755. The lowest BCUT2D eigenvalue weighted by Crippen LogP contribution is -2.40. The standard InChI is InChI=1S/C19H20ClNO.C10H12.C7H7F/c1-13-11-21(12-14(2)22)19(16-8-4-3-7-15(13)16)17-9-5-6-10-18(17)20;1-8-6-9-4-2-3-5-10(9)7-8;1-6-4-2-3-5-7(6)8/h3-10,13,19H,11-12H2,1-2H3;2-5,8H,6-7H2,1H3;2-5H,1H3. The van der Waals surface area contributed by atoms with E-state index in [1.165, 1.54) is 30.0 Å². The van der Waals surface area contributed by atoms with Crippen LogP contribution in [0.25, 0.3) is 0 Å². The molecular weight excluding hydrogens is 517 g/mol. The monoisotopic (exact) mass is 555 g/mol. The molecule has 2 nitrogen and oxygen atoms in total. The van der Waals surface area contributed by atoms with E-state index in [-0.39, 0.29) is 17.6 Å². The maximum absolute atomic E-state index is 12.3. The largest absolute Gasteiger partial charge is 0.299 e. The first-order chi connectivity index (χ1) is 19.2. The maximum atomic E-state index is 12.3. The van der Waals surface area contributed by atoms with Crippen molar-refractivity contribution in [2.45, 2.75) is 52.5 Å². The van der Waals surface area contributed by atoms with Crippen LogP contribution >= 0.6 is 11.6 Å². The second-order valence-electron chi connectivity index (χ2n) is 11.1. The first-order valence-corrected chi connectivity index (χ1v) is 14.5. The highest BCUT2D eigenvalue weighted by Gasteiger charge is 2.33. The fourth-order valence-electron chi connectivity index (χ4n) is 5.79. The Morgan fingerprint density at radius 2 is 1.32 bits per heavy atom. The van der Waals surface area contributed by atoms with Crippen molar-refractivity contribution in [3.8, 4) is 0 Å². The molecule has 4 aromatic rings. The van der Waals surface area contributed by atoms with Crippen LogP contribution in [0.5, 0.6) is 0 Å². The third-order valence-electron chi connectivity index (χ3n) is 7.65. The van der Waals surface area contributed by atoms with Crippen LogP contribution in [0.2, 0.25) is 5.02 Å². The van der Waals surface area contributed by atoms with Crippen LogP contribution in [0.15, 0.2) is 97.1 Å². The summed E-state index contributed by atoms with van der Waals surface area (Å²) in [4.78, 5) is 14.0. The Hall–Kier alpha value is -3.27. The fourth-order valence-corrected chi connectivity index (χ4v) is 6.03. The van der Waals surface area contributed by atoms with Crippen LogP contribution in [0.3, 0.4) is 0 Å². The van der Waals surface area contributed by atoms with Gasteiger partial charge in [-0.1, -0.05) is 110 Å². The third-order valence-corrected chi connectivity index (χ3v) is 8.00. The number of rotatable bonds is 3. The summed E-state index contributed by atoms with van der Waals surface area (Å²) in [5.41, 5.74) is 7.52. The topological polar surface area (TPSA) is 20.3 Å². The van der Waals surface area contributed by atoms with E-state index in [2.05, 4.69) is 73.3 Å². The minimum atomic E-state index is -0.132. The minimum absolute atomic E-state index is 0.0463. The molecule has 1 heterocycles. The van der Waals surface area contributed by atoms with Crippen molar-refractivity contribution < 1.29 is 9.18 Å². The van der Waals surface area contributed by atoms with E-state index >= 15 is 0 Å². The number of aryl methyl sites for hydroxylation is 1. The van der Waals surface area contributed by atoms with Crippen LogP contribution < -0.4 is 0 Å². The van der Waals surface area contributed by atoms with Gasteiger partial charge in [0.1, 0.15) is 11.6 Å². The van der Waals surface area contributed by atoms with Crippen molar-refractivity contribution in [1.82, 2.24) is 4.90 Å². The van der Waals surface area contributed by atoms with Gasteiger partial charge >= 0.3 is 0 Å². The van der Waals surface area contributed by atoms with Crippen molar-refractivity contribution in [3.05, 3.63) is 141 Å². The molecule has 0 N–H and O–H groups in total. The highest BCUT2D eigenvalue weighted by Crippen LogP contribution is 2.41. The molecule has 6 rings (SSSR count). The fraction of sp³-hybridized carbons (Fsp3) is 0.306. The highest BCUT2D eigenvalue weighted by atomic mass is 35.5. The number of benzene rings is 4. The van der Waals surface area contributed by atoms with Gasteiger partial charge in [0.25, 0.3) is 0 Å². The van der Waals surface area contributed by atoms with E-state index in [4.69, 9.17) is 11.6 Å². The summed E-state index contributed by atoms with van der Waals surface area (Å²) in [6.07, 6.45) is 2.58. The molecule has 1 aliphatic heterocycles. The van der Waals surface area contributed by atoms with E-state index < -0.39 is 0 Å². The quantitative estimate of drug-likeness (QED) is 0.251. The molecule has 0 aromatic heterocycles. The highest BCUT2D eigenvalue weighted by molar-refractivity contribution is 6.31. The van der Waals surface area contributed by atoms with Gasteiger partial charge in [-0.05, 0) is 84.0 Å². The number of nitrogens with zero attached hydrogens (tertiary/aromatic N) is 1. The van der Waals surface area contributed by atoms with Gasteiger partial charge in [0.15, 0.2) is 0 Å². The van der Waals surface area contributed by atoms with Gasteiger partial charge in [0, 0.05) is 11.6 Å². The number of carbonyl (C=O) groups is 1. The molecule has 40 heavy (non-hydrogen) atoms. The number of Topliss-reactive ketones (excluding diaryl/α,β-unsaturated/α-hetero) is 1. The minimum Gasteiger partial charge on any atom is -0.299 e. The molecule has 2 unspecified atom stereocenters. The van der Waals surface area contributed by atoms with E-state index in [0.29, 0.717) is 18.0 Å². The molecule has 1 aliphatic carbocycles. The number of halogens is 2. The van der Waals surface area contributed by atoms with E-state index in [1.54, 1.807) is 37.1 Å². The van der Waals surface area contributed by atoms with Crippen molar-refractivity contribution in [2.24, 2.45) is 5.92 Å². The normalized spacial score (nSPS) is 17.9. The molecule has 0 radical (unpaired) electrons. The lowest BCUT2D eigenvalue weighted by Gasteiger charge is -2.40. The molecule has 4 heteroatoms. The Bertz CT molecular complexity index is 1390. The zero-order valence-corrected chi connectivity index (χ0v) is 24.7. The molecule has 2 aliphatic rings. The van der Waals surface area contributed by atoms with Gasteiger partial charge in [-0.25, -0.2) is 4.39 Å². The lowest BCUT2D eigenvalue weighted by molar-refractivity contribution is -0.118. The average molecular weight is 556 g/mol. The molecule has 0 amide bonds. The molecule has 4 aromatic carbocycles. The summed E-state index contributed by atoms with van der Waals surface area (Å²) in [6, 6.07) is 31.9. The van der Waals surface area contributed by atoms with Gasteiger partial charge in [-0.3, -0.25) is 9.69 Å². The van der Waals surface area contributed by atoms with Gasteiger partial charge in [0.2, 0.25) is 0 Å². The summed E-state index contributed by atoms with van der Waals surface area (Å²) in [7, 11) is 0. The molecular formula is C36H39ClFNO. The smallest absolute Gasteiger partial charge is 0.143 e. The van der Waals surface area contributed by atoms with E-state index in [0.717, 1.165) is 23.0 Å². The number of carbonyl (C=O) groups excluding carboxylic acids is 1. The molecule has 2 atom stereocenters. The van der Waals surface area contributed by atoms with Crippen molar-refractivity contribution >= 4 is 17.4 Å². The molecule has 208 valence electrons. The lowest BCUT2D eigenvalue weighted by atomic mass is 9.83.